The lowest BCUT2D eigenvalue weighted by atomic mass is 10.2. The van der Waals surface area contributed by atoms with E-state index in [2.05, 4.69) is 15.0 Å². The molecule has 0 aliphatic carbocycles. The highest BCUT2D eigenvalue weighted by molar-refractivity contribution is 7.84. The molecule has 1 unspecified atom stereocenters. The second-order valence-electron chi connectivity index (χ2n) is 5.31. The Bertz CT molecular complexity index is 1370. The monoisotopic (exact) mass is 373 g/mol. The van der Waals surface area contributed by atoms with Gasteiger partial charge in [0, 0.05) is 36.7 Å². The topological polar surface area (TPSA) is 72.8 Å². The maximum Gasteiger partial charge on any atom is 0.197 e. The van der Waals surface area contributed by atoms with Crippen LogP contribution in [-0.4, -0.2) is 30.8 Å². The number of pyridine rings is 1. The van der Waals surface area contributed by atoms with Crippen LogP contribution >= 0.6 is 0 Å². The molecular formula is C19H18N4O2S. The van der Waals surface area contributed by atoms with Crippen LogP contribution < -0.4 is 4.74 Å². The van der Waals surface area contributed by atoms with Crippen molar-refractivity contribution in [2.24, 2.45) is 0 Å². The molecule has 0 radical (unpaired) electrons. The number of hydrogen-bond donors (Lipinski definition) is 1. The van der Waals surface area contributed by atoms with Crippen LogP contribution in [0, 0.1) is 6.85 Å². The van der Waals surface area contributed by atoms with E-state index in [4.69, 9.17) is 14.3 Å². The lowest BCUT2D eigenvalue weighted by Crippen LogP contribution is -2.03. The number of H-pyrrole nitrogens is 1. The number of nitrogens with one attached hydrogen (secondary N) is 1. The first-order valence-corrected chi connectivity index (χ1v) is 8.71. The Kier molecular flexibility index (Phi) is 2.67. The smallest absolute Gasteiger partial charge is 0.197 e. The van der Waals surface area contributed by atoms with Crippen molar-refractivity contribution in [3.63, 3.8) is 0 Å². The standard InChI is InChI=1S/C19H18N4O2S/c1-13-17(20-8-7-18(13)25-2)12-26(24)19-21-15-6-5-14(11-16(15)22-19)23-9-3-4-10-23/h3-11H,12H2,1-2H3,(H,21,22)/i1D3,7D,8D,12D2. The number of ether oxygens (including phenoxy) is 1. The van der Waals surface area contributed by atoms with Gasteiger partial charge in [-0.2, -0.15) is 0 Å². The molecule has 3 heterocycles. The fraction of sp³-hybridized carbons (Fsp3) is 0.158. The van der Waals surface area contributed by atoms with Gasteiger partial charge in [-0.15, -0.1) is 0 Å². The van der Waals surface area contributed by atoms with Crippen LogP contribution in [0.25, 0.3) is 16.7 Å². The van der Waals surface area contributed by atoms with Gasteiger partial charge in [0.15, 0.2) is 5.16 Å². The van der Waals surface area contributed by atoms with Crippen LogP contribution in [0.4, 0.5) is 0 Å². The summed E-state index contributed by atoms with van der Waals surface area (Å²) in [7, 11) is -1.43. The zero-order chi connectivity index (χ0) is 24.1. The quantitative estimate of drug-likeness (QED) is 0.582. The van der Waals surface area contributed by atoms with E-state index >= 15 is 0 Å². The Hall–Kier alpha value is -2.93. The van der Waals surface area contributed by atoms with Crippen molar-refractivity contribution in [2.75, 3.05) is 7.11 Å². The summed E-state index contributed by atoms with van der Waals surface area (Å²) in [6.07, 6.45) is 3.00. The molecule has 4 rings (SSSR count). The molecule has 3 aromatic heterocycles. The molecule has 132 valence electrons. The van der Waals surface area contributed by atoms with E-state index < -0.39 is 52.6 Å². The molecule has 0 fully saturated rings. The number of imidazole rings is 1. The van der Waals surface area contributed by atoms with E-state index in [0.29, 0.717) is 11.0 Å². The van der Waals surface area contributed by atoms with Crippen molar-refractivity contribution in [1.29, 1.82) is 0 Å². The summed E-state index contributed by atoms with van der Waals surface area (Å²) in [5.41, 5.74) is -2.57. The van der Waals surface area contributed by atoms with Crippen molar-refractivity contribution in [3.8, 4) is 11.4 Å². The molecule has 1 N–H and O–H groups in total. The summed E-state index contributed by atoms with van der Waals surface area (Å²) in [4.78, 5) is 10.7. The zero-order valence-corrected chi connectivity index (χ0v) is 14.4. The molecule has 6 nitrogen and oxygen atoms in total. The third-order valence-corrected chi connectivity index (χ3v) is 4.64. The van der Waals surface area contributed by atoms with Crippen LogP contribution in [0.3, 0.4) is 0 Å². The van der Waals surface area contributed by atoms with Gasteiger partial charge in [-0.1, -0.05) is 0 Å². The van der Waals surface area contributed by atoms with E-state index in [1.54, 1.807) is 18.2 Å². The molecule has 0 spiro atoms. The average molecular weight is 373 g/mol. The highest BCUT2D eigenvalue weighted by atomic mass is 32.2. The molecule has 0 saturated heterocycles. The van der Waals surface area contributed by atoms with E-state index in [1.165, 1.54) is 0 Å². The molecule has 0 aliphatic rings. The third-order valence-electron chi connectivity index (χ3n) is 3.72. The lowest BCUT2D eigenvalue weighted by Gasteiger charge is -2.08. The predicted molar refractivity (Wildman–Crippen MR) is 101 cm³/mol. The second kappa shape index (κ2) is 6.76. The molecular weight excluding hydrogens is 348 g/mol. The average Bonchev–Trinajstić information content (AvgIpc) is 3.42. The van der Waals surface area contributed by atoms with Crippen molar-refractivity contribution >= 4 is 21.8 Å². The van der Waals surface area contributed by atoms with Crippen LogP contribution in [0.2, 0.25) is 0 Å². The van der Waals surface area contributed by atoms with Gasteiger partial charge in [-0.25, -0.2) is 4.98 Å². The first kappa shape index (κ1) is 10.3. The molecule has 0 amide bonds. The second-order valence-corrected chi connectivity index (χ2v) is 6.44. The summed E-state index contributed by atoms with van der Waals surface area (Å²) in [5.74, 6) is -0.508. The molecule has 4 aromatic rings. The van der Waals surface area contributed by atoms with E-state index in [9.17, 15) is 4.21 Å². The Morgan fingerprint density at radius 3 is 3.04 bits per heavy atom. The van der Waals surface area contributed by atoms with Crippen molar-refractivity contribution in [2.45, 2.75) is 17.7 Å². The molecule has 7 heteroatoms. The summed E-state index contributed by atoms with van der Waals surface area (Å²) in [5, 5.41) is -0.224. The normalized spacial score (nSPS) is 17.3. The SMILES string of the molecule is [2H]c1nc(C([2H])([2H])S(=O)c2nc3ccc(-n4cccc4)cc3[nH]2)c(C([2H])([2H])[2H])c(OC)c1[2H]. The van der Waals surface area contributed by atoms with Gasteiger partial charge in [-0.05, 0) is 43.2 Å². The Morgan fingerprint density at radius 2 is 2.27 bits per heavy atom. The van der Waals surface area contributed by atoms with Crippen LogP contribution in [0.5, 0.6) is 5.75 Å². The Labute approximate surface area is 163 Å². The minimum absolute atomic E-state index is 0.224. The number of benzene rings is 1. The van der Waals surface area contributed by atoms with E-state index in [1.807, 2.05) is 29.1 Å². The van der Waals surface area contributed by atoms with Crippen molar-refractivity contribution in [1.82, 2.24) is 19.5 Å². The zero-order valence-electron chi connectivity index (χ0n) is 20.6. The number of rotatable bonds is 5. The lowest BCUT2D eigenvalue weighted by molar-refractivity contribution is 0.410. The summed E-state index contributed by atoms with van der Waals surface area (Å²) in [6, 6.07) is 8.35. The molecule has 0 aliphatic heterocycles. The minimum atomic E-state index is -2.94. The van der Waals surface area contributed by atoms with Crippen LogP contribution in [-0.2, 0) is 16.5 Å². The third kappa shape index (κ3) is 3.01. The van der Waals surface area contributed by atoms with E-state index in [-0.39, 0.29) is 5.16 Å². The largest absolute Gasteiger partial charge is 0.496 e. The van der Waals surface area contributed by atoms with Crippen molar-refractivity contribution < 1.29 is 18.5 Å². The number of aromatic nitrogens is 4. The number of hydrogen-bond acceptors (Lipinski definition) is 4. The summed E-state index contributed by atoms with van der Waals surface area (Å²) in [6.45, 7) is -2.94. The van der Waals surface area contributed by atoms with Gasteiger partial charge >= 0.3 is 0 Å². The van der Waals surface area contributed by atoms with Crippen LogP contribution in [0.1, 0.15) is 20.9 Å². The van der Waals surface area contributed by atoms with E-state index in [0.717, 1.165) is 12.8 Å². The minimum Gasteiger partial charge on any atom is -0.496 e. The van der Waals surface area contributed by atoms with Gasteiger partial charge in [0.2, 0.25) is 0 Å². The van der Waals surface area contributed by atoms with Gasteiger partial charge in [0.05, 0.1) is 43.1 Å². The van der Waals surface area contributed by atoms with Gasteiger partial charge in [0.1, 0.15) is 5.75 Å². The maximum absolute atomic E-state index is 13.3. The molecule has 1 atom stereocenters. The van der Waals surface area contributed by atoms with Gasteiger partial charge < -0.3 is 14.3 Å². The maximum atomic E-state index is 13.3. The highest BCUT2D eigenvalue weighted by Crippen LogP contribution is 2.22. The molecule has 0 saturated carbocycles. The molecule has 1 aromatic carbocycles. The first-order chi connectivity index (χ1) is 15.4. The summed E-state index contributed by atoms with van der Waals surface area (Å²) >= 11 is 0. The Morgan fingerprint density at radius 1 is 1.42 bits per heavy atom. The van der Waals surface area contributed by atoms with Gasteiger partial charge in [-0.3, -0.25) is 9.19 Å². The number of fused-ring (bicyclic) bond motifs is 1. The Balaban J connectivity index is 1.83. The summed E-state index contributed by atoms with van der Waals surface area (Å²) < 4.78 is 76.3. The fourth-order valence-electron chi connectivity index (χ4n) is 2.45. The number of methoxy groups -OCH3 is 1. The predicted octanol–water partition coefficient (Wildman–Crippen LogP) is 3.37. The first-order valence-electron chi connectivity index (χ1n) is 11.1. The number of nitrogens with zero attached hydrogens (tertiary/aromatic N) is 3. The van der Waals surface area contributed by atoms with Crippen molar-refractivity contribution in [3.05, 3.63) is 66.2 Å². The fourth-order valence-corrected chi connectivity index (χ4v) is 3.26. The van der Waals surface area contributed by atoms with Crippen LogP contribution in [0.15, 0.2) is 60.1 Å². The number of aromatic amines is 1. The van der Waals surface area contributed by atoms with Gasteiger partial charge in [0.25, 0.3) is 0 Å². The molecule has 0 bridgehead atoms. The highest BCUT2D eigenvalue weighted by Gasteiger charge is 2.15. The molecule has 26 heavy (non-hydrogen) atoms.